The van der Waals surface area contributed by atoms with E-state index < -0.39 is 0 Å². The second-order valence-corrected chi connectivity index (χ2v) is 4.34. The molecule has 2 aromatic heterocycles. The molecule has 14 heavy (non-hydrogen) atoms. The van der Waals surface area contributed by atoms with Crippen LogP contribution in [0.2, 0.25) is 0 Å². The third-order valence-corrected chi connectivity index (χ3v) is 3.52. The van der Waals surface area contributed by atoms with Crippen molar-refractivity contribution in [1.29, 1.82) is 0 Å². The molecular formula is C11H9BrN2. The number of aryl methyl sites for hydroxylation is 1. The predicted octanol–water partition coefficient (Wildman–Crippen LogP) is 2.75. The molecule has 0 atom stereocenters. The van der Waals surface area contributed by atoms with Crippen molar-refractivity contribution < 1.29 is 0 Å². The monoisotopic (exact) mass is 248 g/mol. The molecule has 0 spiro atoms. The summed E-state index contributed by atoms with van der Waals surface area (Å²) in [5.74, 6) is 0. The number of hydrogen-bond donors (Lipinski definition) is 0. The molecule has 0 bridgehead atoms. The summed E-state index contributed by atoms with van der Waals surface area (Å²) in [5, 5.41) is 0. The number of halogens is 1. The average Bonchev–Trinajstić information content (AvgIpc) is 2.69. The van der Waals surface area contributed by atoms with E-state index in [-0.39, 0.29) is 0 Å². The van der Waals surface area contributed by atoms with Crippen molar-refractivity contribution in [3.63, 3.8) is 0 Å². The Morgan fingerprint density at radius 1 is 1.36 bits per heavy atom. The molecule has 2 heterocycles. The van der Waals surface area contributed by atoms with Gasteiger partial charge in [-0.3, -0.25) is 0 Å². The van der Waals surface area contributed by atoms with Crippen LogP contribution in [-0.2, 0) is 13.5 Å². The molecule has 3 rings (SSSR count). The Balaban J connectivity index is 2.32. The predicted molar refractivity (Wildman–Crippen MR) is 59.2 cm³/mol. The molecule has 0 unspecified atom stereocenters. The quantitative estimate of drug-likeness (QED) is 0.560. The highest BCUT2D eigenvalue weighted by molar-refractivity contribution is 9.10. The highest BCUT2D eigenvalue weighted by Gasteiger charge is 2.22. The van der Waals surface area contributed by atoms with Gasteiger partial charge in [-0.15, -0.1) is 0 Å². The molecule has 0 radical (unpaired) electrons. The summed E-state index contributed by atoms with van der Waals surface area (Å²) in [6.07, 6.45) is 4.95. The molecule has 70 valence electrons. The summed E-state index contributed by atoms with van der Waals surface area (Å²) < 4.78 is 3.16. The lowest BCUT2D eigenvalue weighted by Crippen LogP contribution is -1.93. The maximum absolute atomic E-state index is 4.25. The van der Waals surface area contributed by atoms with Crippen molar-refractivity contribution in [2.24, 2.45) is 7.05 Å². The average molecular weight is 249 g/mol. The Hall–Kier alpha value is -1.09. The second-order valence-electron chi connectivity index (χ2n) is 3.59. The van der Waals surface area contributed by atoms with E-state index in [1.54, 1.807) is 0 Å². The van der Waals surface area contributed by atoms with Gasteiger partial charge < -0.3 is 4.57 Å². The fraction of sp³-hybridized carbons (Fsp3) is 0.182. The second kappa shape index (κ2) is 2.70. The number of rotatable bonds is 0. The zero-order valence-corrected chi connectivity index (χ0v) is 9.37. The number of hydrogen-bond acceptors (Lipinski definition) is 1. The van der Waals surface area contributed by atoms with Crippen molar-refractivity contribution >= 4 is 15.9 Å². The topological polar surface area (TPSA) is 17.8 Å². The van der Waals surface area contributed by atoms with Crippen molar-refractivity contribution in [3.8, 4) is 11.1 Å². The van der Waals surface area contributed by atoms with Crippen molar-refractivity contribution in [2.45, 2.75) is 6.42 Å². The molecule has 0 saturated heterocycles. The van der Waals surface area contributed by atoms with Gasteiger partial charge in [0.2, 0.25) is 0 Å². The van der Waals surface area contributed by atoms with Crippen molar-refractivity contribution in [3.05, 3.63) is 40.4 Å². The first-order valence-electron chi connectivity index (χ1n) is 4.55. The van der Waals surface area contributed by atoms with Crippen molar-refractivity contribution in [2.75, 3.05) is 0 Å². The van der Waals surface area contributed by atoms with Gasteiger partial charge in [0.1, 0.15) is 4.60 Å². The number of fused-ring (bicyclic) bond motifs is 3. The van der Waals surface area contributed by atoms with Crippen molar-refractivity contribution in [1.82, 2.24) is 9.55 Å². The van der Waals surface area contributed by atoms with Gasteiger partial charge in [0.25, 0.3) is 0 Å². The van der Waals surface area contributed by atoms with Crippen LogP contribution in [0.3, 0.4) is 0 Å². The summed E-state index contributed by atoms with van der Waals surface area (Å²) in [4.78, 5) is 4.25. The maximum atomic E-state index is 4.25. The van der Waals surface area contributed by atoms with Gasteiger partial charge in [0, 0.05) is 37.1 Å². The fourth-order valence-electron chi connectivity index (χ4n) is 2.08. The van der Waals surface area contributed by atoms with E-state index in [9.17, 15) is 0 Å². The number of pyridine rings is 1. The van der Waals surface area contributed by atoms with E-state index >= 15 is 0 Å². The van der Waals surface area contributed by atoms with E-state index in [1.165, 1.54) is 22.4 Å². The summed E-state index contributed by atoms with van der Waals surface area (Å²) in [6.45, 7) is 0. The molecule has 3 heteroatoms. The minimum atomic E-state index is 0.978. The van der Waals surface area contributed by atoms with E-state index in [0.717, 1.165) is 11.0 Å². The van der Waals surface area contributed by atoms with Gasteiger partial charge in [-0.2, -0.15) is 0 Å². The van der Waals surface area contributed by atoms with Crippen LogP contribution < -0.4 is 0 Å². The molecular weight excluding hydrogens is 240 g/mol. The Kier molecular flexibility index (Phi) is 1.59. The smallest absolute Gasteiger partial charge is 0.110 e. The maximum Gasteiger partial charge on any atom is 0.110 e. The third kappa shape index (κ3) is 0.932. The molecule has 0 aromatic carbocycles. The Labute approximate surface area is 90.7 Å². The lowest BCUT2D eigenvalue weighted by atomic mass is 10.1. The van der Waals surface area contributed by atoms with E-state index in [4.69, 9.17) is 0 Å². The van der Waals surface area contributed by atoms with E-state index in [1.807, 2.05) is 6.20 Å². The SMILES string of the molecule is Cn1ccc2c1Cc1c-2ccnc1Br. The highest BCUT2D eigenvalue weighted by atomic mass is 79.9. The Morgan fingerprint density at radius 2 is 2.21 bits per heavy atom. The lowest BCUT2D eigenvalue weighted by molar-refractivity contribution is 0.858. The van der Waals surface area contributed by atoms with Gasteiger partial charge in [-0.1, -0.05) is 0 Å². The number of nitrogens with zero attached hydrogens (tertiary/aromatic N) is 2. The van der Waals surface area contributed by atoms with Crippen LogP contribution in [0.1, 0.15) is 11.3 Å². The summed E-state index contributed by atoms with van der Waals surface area (Å²) in [7, 11) is 2.09. The van der Waals surface area contributed by atoms with Crippen LogP contribution in [0.25, 0.3) is 11.1 Å². The third-order valence-electron chi connectivity index (χ3n) is 2.84. The van der Waals surface area contributed by atoms with E-state index in [2.05, 4.69) is 50.9 Å². The summed E-state index contributed by atoms with van der Waals surface area (Å²) >= 11 is 3.50. The molecule has 0 fully saturated rings. The molecule has 0 aliphatic heterocycles. The first kappa shape index (κ1) is 8.24. The first-order valence-corrected chi connectivity index (χ1v) is 5.34. The van der Waals surface area contributed by atoms with Crippen LogP contribution >= 0.6 is 15.9 Å². The first-order chi connectivity index (χ1) is 6.77. The molecule has 2 aromatic rings. The zero-order valence-electron chi connectivity index (χ0n) is 7.79. The molecule has 0 amide bonds. The fourth-order valence-corrected chi connectivity index (χ4v) is 2.55. The minimum Gasteiger partial charge on any atom is -0.354 e. The largest absolute Gasteiger partial charge is 0.354 e. The van der Waals surface area contributed by atoms with Crippen LogP contribution in [0.15, 0.2) is 29.1 Å². The van der Waals surface area contributed by atoms with E-state index in [0.29, 0.717) is 0 Å². The minimum absolute atomic E-state index is 0.978. The zero-order chi connectivity index (χ0) is 9.71. The normalized spacial score (nSPS) is 12.7. The molecule has 0 saturated carbocycles. The summed E-state index contributed by atoms with van der Waals surface area (Å²) in [6, 6.07) is 4.26. The highest BCUT2D eigenvalue weighted by Crippen LogP contribution is 2.39. The molecule has 1 aliphatic carbocycles. The van der Waals surface area contributed by atoms with Gasteiger partial charge in [-0.05, 0) is 39.2 Å². The Morgan fingerprint density at radius 3 is 3.07 bits per heavy atom. The van der Waals surface area contributed by atoms with Gasteiger partial charge >= 0.3 is 0 Å². The summed E-state index contributed by atoms with van der Waals surface area (Å²) in [5.41, 5.74) is 5.37. The van der Waals surface area contributed by atoms with Crippen LogP contribution in [0, 0.1) is 0 Å². The van der Waals surface area contributed by atoms with Gasteiger partial charge in [0.15, 0.2) is 0 Å². The standard InChI is InChI=1S/C11H9BrN2/c1-14-5-3-8-7-2-4-13-11(12)9(7)6-10(8)14/h2-5H,6H2,1H3. The van der Waals surface area contributed by atoms with Crippen LogP contribution in [0.4, 0.5) is 0 Å². The molecule has 2 nitrogen and oxygen atoms in total. The molecule has 1 aliphatic rings. The number of aromatic nitrogens is 2. The lowest BCUT2D eigenvalue weighted by Gasteiger charge is -2.00. The Bertz CT molecular complexity index is 514. The van der Waals surface area contributed by atoms with Gasteiger partial charge in [-0.25, -0.2) is 4.98 Å². The van der Waals surface area contributed by atoms with Gasteiger partial charge in [0.05, 0.1) is 0 Å². The van der Waals surface area contributed by atoms with Crippen LogP contribution in [0.5, 0.6) is 0 Å². The molecule has 0 N–H and O–H groups in total. The van der Waals surface area contributed by atoms with Crippen LogP contribution in [-0.4, -0.2) is 9.55 Å².